The summed E-state index contributed by atoms with van der Waals surface area (Å²) in [5, 5.41) is 34.7. The van der Waals surface area contributed by atoms with Crippen LogP contribution in [0.5, 0.6) is 0 Å². The fraction of sp³-hybridized carbons (Fsp3) is 0.850. The molecule has 30 heavy (non-hydrogen) atoms. The van der Waals surface area contributed by atoms with Gasteiger partial charge in [-0.15, -0.1) is 0 Å². The molecule has 4 unspecified atom stereocenters. The Kier molecular flexibility index (Phi) is 2.97. The van der Waals surface area contributed by atoms with E-state index in [2.05, 4.69) is 0 Å². The average molecular weight is 424 g/mol. The lowest BCUT2D eigenvalue weighted by molar-refractivity contribution is -0.239. The largest absolute Gasteiger partial charge is 0.459 e. The number of aliphatic hydroxyl groups is 3. The summed E-state index contributed by atoms with van der Waals surface area (Å²) in [6.07, 6.45) is -6.91. The number of hydrogen-bond donors (Lipinski definition) is 3. The second-order valence-corrected chi connectivity index (χ2v) is 10.7. The van der Waals surface area contributed by atoms with Gasteiger partial charge < -0.3 is 34.3 Å². The van der Waals surface area contributed by atoms with Gasteiger partial charge in [0.1, 0.15) is 12.2 Å². The number of hydrogen-bond acceptors (Lipinski definition) is 10. The van der Waals surface area contributed by atoms with Crippen LogP contribution in [0.4, 0.5) is 0 Å². The van der Waals surface area contributed by atoms with E-state index in [4.69, 9.17) is 18.9 Å². The lowest BCUT2D eigenvalue weighted by Crippen LogP contribution is -2.67. The SMILES string of the molecule is C[C@@H]1C(=O)O[C@H]2C(O)C34[C@H]5C[C@@H](C(C)(C)C)C36C(O)C(=O)O[C@H]6O[C@]4(C(=O)O5)[C@@]12O. The standard InChI is InChI=1S/C20H24O10/c1-6-12(23)28-11-9(21)18-8-5-7(16(2,3)4)17(18)10(22)13(24)29-15(17)30-20(18,14(25)27-8)19(6,11)26/h6-11,15,21-22,26H,5H2,1-4H3/t6-,7+,8-,9?,10?,11+,15+,17?,18?,19-,20+/m1/s1. The topological polar surface area (TPSA) is 149 Å². The number of carbonyl (C=O) groups excluding carboxylic acids is 3. The van der Waals surface area contributed by atoms with E-state index in [0.717, 1.165) is 0 Å². The van der Waals surface area contributed by atoms with Crippen molar-refractivity contribution in [1.82, 2.24) is 0 Å². The summed E-state index contributed by atoms with van der Waals surface area (Å²) in [6, 6.07) is 0. The molecule has 4 saturated heterocycles. The second-order valence-electron chi connectivity index (χ2n) is 10.7. The Balaban J connectivity index is 1.72. The molecule has 0 amide bonds. The second kappa shape index (κ2) is 4.69. The molecule has 0 aromatic rings. The molecular formula is C20H24O10. The maximum atomic E-state index is 13.4. The highest BCUT2D eigenvalue weighted by Crippen LogP contribution is 2.84. The van der Waals surface area contributed by atoms with Crippen molar-refractivity contribution in [1.29, 1.82) is 0 Å². The highest BCUT2D eigenvalue weighted by Gasteiger charge is 3.03. The number of rotatable bonds is 0. The Morgan fingerprint density at radius 2 is 1.70 bits per heavy atom. The highest BCUT2D eigenvalue weighted by atomic mass is 16.8. The maximum Gasteiger partial charge on any atom is 0.343 e. The summed E-state index contributed by atoms with van der Waals surface area (Å²) >= 11 is 0. The van der Waals surface area contributed by atoms with E-state index in [9.17, 15) is 29.7 Å². The predicted octanol–water partition coefficient (Wildman–Crippen LogP) is -1.37. The zero-order valence-electron chi connectivity index (χ0n) is 16.9. The van der Waals surface area contributed by atoms with Gasteiger partial charge in [-0.25, -0.2) is 9.59 Å². The number of fused-ring (bicyclic) bond motifs is 1. The van der Waals surface area contributed by atoms with Gasteiger partial charge in [-0.3, -0.25) is 4.79 Å². The minimum atomic E-state index is -2.24. The van der Waals surface area contributed by atoms with Crippen LogP contribution in [-0.4, -0.2) is 75.1 Å². The van der Waals surface area contributed by atoms with Gasteiger partial charge in [0.2, 0.25) is 11.9 Å². The Labute approximate surface area is 171 Å². The van der Waals surface area contributed by atoms with Crippen molar-refractivity contribution in [2.24, 2.45) is 28.1 Å². The van der Waals surface area contributed by atoms with Gasteiger partial charge in [0.05, 0.1) is 16.7 Å². The molecule has 10 nitrogen and oxygen atoms in total. The fourth-order valence-corrected chi connectivity index (χ4v) is 8.12. The minimum Gasteiger partial charge on any atom is -0.459 e. The van der Waals surface area contributed by atoms with E-state index in [0.29, 0.717) is 0 Å². The predicted molar refractivity (Wildman–Crippen MR) is 92.0 cm³/mol. The average Bonchev–Trinajstić information content (AvgIpc) is 3.35. The number of ether oxygens (including phenoxy) is 4. The van der Waals surface area contributed by atoms with Gasteiger partial charge in [0.15, 0.2) is 17.8 Å². The summed E-state index contributed by atoms with van der Waals surface area (Å²) in [7, 11) is 0. The van der Waals surface area contributed by atoms with Crippen molar-refractivity contribution >= 4 is 17.9 Å². The van der Waals surface area contributed by atoms with Gasteiger partial charge in [0.25, 0.3) is 0 Å². The van der Waals surface area contributed by atoms with E-state index >= 15 is 0 Å². The number of esters is 3. The highest BCUT2D eigenvalue weighted by molar-refractivity contribution is 5.94. The molecule has 6 aliphatic rings. The van der Waals surface area contributed by atoms with Crippen molar-refractivity contribution in [3.05, 3.63) is 0 Å². The van der Waals surface area contributed by atoms with Gasteiger partial charge >= 0.3 is 17.9 Å². The molecule has 3 N–H and O–H groups in total. The molecule has 6 rings (SSSR count). The Morgan fingerprint density at radius 1 is 1.03 bits per heavy atom. The van der Waals surface area contributed by atoms with Crippen LogP contribution in [0.2, 0.25) is 0 Å². The molecule has 2 aliphatic carbocycles. The first kappa shape index (κ1) is 19.0. The molecule has 0 radical (unpaired) electrons. The lowest BCUT2D eigenvalue weighted by Gasteiger charge is -2.47. The molecule has 0 aromatic carbocycles. The monoisotopic (exact) mass is 424 g/mol. The third kappa shape index (κ3) is 1.33. The molecule has 11 atom stereocenters. The maximum absolute atomic E-state index is 13.4. The minimum absolute atomic E-state index is 0.229. The first-order chi connectivity index (χ1) is 13.8. The van der Waals surface area contributed by atoms with Crippen LogP contribution >= 0.6 is 0 Å². The molecular weight excluding hydrogens is 400 g/mol. The van der Waals surface area contributed by atoms with Gasteiger partial charge in [-0.2, -0.15) is 0 Å². The smallest absolute Gasteiger partial charge is 0.343 e. The molecule has 0 bridgehead atoms. The normalized spacial score (nSPS) is 60.1. The summed E-state index contributed by atoms with van der Waals surface area (Å²) in [5.74, 6) is -4.32. The molecule has 4 aliphatic heterocycles. The van der Waals surface area contributed by atoms with Crippen molar-refractivity contribution in [2.75, 3.05) is 0 Å². The zero-order chi connectivity index (χ0) is 21.8. The molecule has 2 spiro atoms. The van der Waals surface area contributed by atoms with E-state index < -0.39 is 87.9 Å². The molecule has 2 saturated carbocycles. The van der Waals surface area contributed by atoms with Crippen LogP contribution < -0.4 is 0 Å². The first-order valence-electron chi connectivity index (χ1n) is 10.2. The zero-order valence-corrected chi connectivity index (χ0v) is 16.9. The van der Waals surface area contributed by atoms with Crippen molar-refractivity contribution in [3.63, 3.8) is 0 Å². The van der Waals surface area contributed by atoms with Crippen LogP contribution in [0.3, 0.4) is 0 Å². The van der Waals surface area contributed by atoms with E-state index in [1.54, 1.807) is 0 Å². The van der Waals surface area contributed by atoms with E-state index in [1.807, 2.05) is 20.8 Å². The third-order valence-corrected chi connectivity index (χ3v) is 9.00. The van der Waals surface area contributed by atoms with Crippen LogP contribution in [0.1, 0.15) is 34.1 Å². The Hall–Kier alpha value is -1.75. The molecule has 4 heterocycles. The van der Waals surface area contributed by atoms with Gasteiger partial charge in [-0.1, -0.05) is 20.8 Å². The molecule has 164 valence electrons. The van der Waals surface area contributed by atoms with Gasteiger partial charge in [-0.05, 0) is 24.7 Å². The third-order valence-electron chi connectivity index (χ3n) is 9.00. The molecule has 10 heteroatoms. The summed E-state index contributed by atoms with van der Waals surface area (Å²) in [5.41, 5.74) is -8.26. The molecule has 6 fully saturated rings. The lowest BCUT2D eigenvalue weighted by atomic mass is 9.51. The summed E-state index contributed by atoms with van der Waals surface area (Å²) in [6.45, 7) is 7.14. The number of aliphatic hydroxyl groups excluding tert-OH is 2. The van der Waals surface area contributed by atoms with E-state index in [1.165, 1.54) is 6.92 Å². The fourth-order valence-electron chi connectivity index (χ4n) is 8.12. The van der Waals surface area contributed by atoms with Gasteiger partial charge in [0, 0.05) is 0 Å². The van der Waals surface area contributed by atoms with Crippen LogP contribution in [0, 0.1) is 28.1 Å². The van der Waals surface area contributed by atoms with Crippen LogP contribution in [-0.2, 0) is 33.3 Å². The van der Waals surface area contributed by atoms with Crippen molar-refractivity contribution < 1.29 is 48.7 Å². The Bertz CT molecular complexity index is 925. The van der Waals surface area contributed by atoms with Crippen LogP contribution in [0.15, 0.2) is 0 Å². The summed E-state index contributed by atoms with van der Waals surface area (Å²) < 4.78 is 22.5. The number of carbonyl (C=O) groups is 3. The Morgan fingerprint density at radius 3 is 2.33 bits per heavy atom. The first-order valence-corrected chi connectivity index (χ1v) is 10.2. The van der Waals surface area contributed by atoms with Crippen molar-refractivity contribution in [3.8, 4) is 0 Å². The quantitative estimate of drug-likeness (QED) is 0.314. The van der Waals surface area contributed by atoms with E-state index in [-0.39, 0.29) is 6.42 Å². The molecule has 0 aromatic heterocycles. The van der Waals surface area contributed by atoms with Crippen LogP contribution in [0.25, 0.3) is 0 Å². The summed E-state index contributed by atoms with van der Waals surface area (Å²) in [4.78, 5) is 38.2. The van der Waals surface area contributed by atoms with Crippen molar-refractivity contribution in [2.45, 2.75) is 76.0 Å².